The number of rotatable bonds is 6. The molecular formula is C20H24N4OS. The summed E-state index contributed by atoms with van der Waals surface area (Å²) >= 11 is 1.29. The molecule has 2 aromatic rings. The molecule has 2 atom stereocenters. The van der Waals surface area contributed by atoms with E-state index >= 15 is 0 Å². The van der Waals surface area contributed by atoms with E-state index in [1.165, 1.54) is 11.8 Å². The highest BCUT2D eigenvalue weighted by atomic mass is 32.2. The van der Waals surface area contributed by atoms with Gasteiger partial charge in [0.05, 0.1) is 17.0 Å². The van der Waals surface area contributed by atoms with Crippen LogP contribution in [0.15, 0.2) is 41.6 Å². The Kier molecular flexibility index (Phi) is 6.38. The maximum Gasteiger partial charge on any atom is 0.234 e. The number of nitriles is 1. The van der Waals surface area contributed by atoms with Crippen molar-refractivity contribution in [3.05, 3.63) is 42.1 Å². The lowest BCUT2D eigenvalue weighted by Gasteiger charge is -2.28. The van der Waals surface area contributed by atoms with Crippen molar-refractivity contribution in [1.82, 2.24) is 15.3 Å². The molecule has 0 fully saturated rings. The number of nitrogens with zero attached hydrogens (tertiary/aromatic N) is 3. The van der Waals surface area contributed by atoms with Gasteiger partial charge in [0.2, 0.25) is 5.91 Å². The summed E-state index contributed by atoms with van der Waals surface area (Å²) in [5.74, 6) is -0.187. The lowest BCUT2D eigenvalue weighted by Crippen LogP contribution is -2.51. The number of aromatic nitrogens is 2. The summed E-state index contributed by atoms with van der Waals surface area (Å²) in [5, 5.41) is 12.4. The first-order valence-electron chi connectivity index (χ1n) is 8.56. The number of carbonyl (C=O) groups is 1. The van der Waals surface area contributed by atoms with Crippen molar-refractivity contribution in [3.8, 4) is 17.3 Å². The van der Waals surface area contributed by atoms with Crippen LogP contribution in [0.5, 0.6) is 0 Å². The van der Waals surface area contributed by atoms with Gasteiger partial charge in [0.15, 0.2) is 5.16 Å². The number of thioether (sulfide) groups is 1. The van der Waals surface area contributed by atoms with Crippen LogP contribution in [0, 0.1) is 24.2 Å². The van der Waals surface area contributed by atoms with Crippen LogP contribution in [0.1, 0.15) is 33.4 Å². The Morgan fingerprint density at radius 2 is 1.88 bits per heavy atom. The second kappa shape index (κ2) is 8.33. The van der Waals surface area contributed by atoms with Gasteiger partial charge in [0, 0.05) is 11.3 Å². The van der Waals surface area contributed by atoms with Crippen LogP contribution in [0.2, 0.25) is 0 Å². The summed E-state index contributed by atoms with van der Waals surface area (Å²) in [6.45, 7) is 9.28. The van der Waals surface area contributed by atoms with Crippen LogP contribution in [-0.4, -0.2) is 26.7 Å². The van der Waals surface area contributed by atoms with Gasteiger partial charge in [-0.15, -0.1) is 0 Å². The molecule has 0 saturated heterocycles. The fourth-order valence-corrected chi connectivity index (χ4v) is 3.05. The van der Waals surface area contributed by atoms with Gasteiger partial charge >= 0.3 is 0 Å². The van der Waals surface area contributed by atoms with Gasteiger partial charge in [0.1, 0.15) is 5.54 Å². The molecule has 5 nitrogen and oxygen atoms in total. The Morgan fingerprint density at radius 3 is 2.46 bits per heavy atom. The number of aryl methyl sites for hydroxylation is 1. The molecule has 1 heterocycles. The van der Waals surface area contributed by atoms with Crippen molar-refractivity contribution in [2.24, 2.45) is 5.92 Å². The highest BCUT2D eigenvalue weighted by molar-refractivity contribution is 8.00. The van der Waals surface area contributed by atoms with Crippen molar-refractivity contribution in [3.63, 3.8) is 0 Å². The Balaban J connectivity index is 2.17. The summed E-state index contributed by atoms with van der Waals surface area (Å²) in [5.41, 5.74) is 1.79. The van der Waals surface area contributed by atoms with Gasteiger partial charge in [-0.3, -0.25) is 4.79 Å². The van der Waals surface area contributed by atoms with E-state index in [1.54, 1.807) is 13.8 Å². The first-order chi connectivity index (χ1) is 12.2. The molecule has 1 N–H and O–H groups in total. The first-order valence-corrected chi connectivity index (χ1v) is 9.44. The Bertz CT molecular complexity index is 816. The molecule has 0 aliphatic rings. The van der Waals surface area contributed by atoms with Crippen molar-refractivity contribution < 1.29 is 4.79 Å². The molecule has 0 aliphatic carbocycles. The van der Waals surface area contributed by atoms with E-state index in [-0.39, 0.29) is 11.8 Å². The third-order valence-corrected chi connectivity index (χ3v) is 5.29. The molecule has 1 aromatic heterocycles. The molecule has 0 bridgehead atoms. The van der Waals surface area contributed by atoms with Gasteiger partial charge in [-0.1, -0.05) is 55.9 Å². The fourth-order valence-electron chi connectivity index (χ4n) is 2.22. The van der Waals surface area contributed by atoms with Gasteiger partial charge in [-0.25, -0.2) is 9.97 Å². The van der Waals surface area contributed by atoms with E-state index in [4.69, 9.17) is 0 Å². The van der Waals surface area contributed by atoms with Crippen molar-refractivity contribution in [1.29, 1.82) is 5.26 Å². The van der Waals surface area contributed by atoms with E-state index in [9.17, 15) is 10.1 Å². The third-order valence-electron chi connectivity index (χ3n) is 4.32. The van der Waals surface area contributed by atoms with E-state index < -0.39 is 10.8 Å². The number of hydrogen-bond donors (Lipinski definition) is 1. The molecule has 0 radical (unpaired) electrons. The third kappa shape index (κ3) is 4.83. The maximum atomic E-state index is 12.5. The second-order valence-corrected chi connectivity index (χ2v) is 8.07. The number of amides is 1. The summed E-state index contributed by atoms with van der Waals surface area (Å²) in [6.07, 6.45) is 0. The van der Waals surface area contributed by atoms with Crippen molar-refractivity contribution in [2.75, 3.05) is 0 Å². The first kappa shape index (κ1) is 19.9. The standard InChI is InChI=1S/C20H24N4OS/c1-13(2)20(5,12-21)24-18(25)15(4)26-19-22-14(3)11-17(23-19)16-9-7-6-8-10-16/h6-11,13,15H,1-5H3,(H,24,25)/t15-,20-/m0/s1. The predicted molar refractivity (Wildman–Crippen MR) is 105 cm³/mol. The zero-order chi connectivity index (χ0) is 19.3. The quantitative estimate of drug-likeness (QED) is 0.616. The highest BCUT2D eigenvalue weighted by Gasteiger charge is 2.32. The Morgan fingerprint density at radius 1 is 1.23 bits per heavy atom. The number of nitrogens with one attached hydrogen (secondary N) is 1. The molecule has 2 rings (SSSR count). The zero-order valence-corrected chi connectivity index (χ0v) is 16.6. The largest absolute Gasteiger partial charge is 0.337 e. The average Bonchev–Trinajstić information content (AvgIpc) is 2.61. The lowest BCUT2D eigenvalue weighted by atomic mass is 9.90. The van der Waals surface area contributed by atoms with Crippen molar-refractivity contribution >= 4 is 17.7 Å². The predicted octanol–water partition coefficient (Wildman–Crippen LogP) is 3.99. The van der Waals surface area contributed by atoms with Gasteiger partial charge in [-0.05, 0) is 32.8 Å². The minimum absolute atomic E-state index is 0.00792. The van der Waals surface area contributed by atoms with E-state index in [0.717, 1.165) is 17.0 Å². The summed E-state index contributed by atoms with van der Waals surface area (Å²) in [4.78, 5) is 21.6. The van der Waals surface area contributed by atoms with Crippen LogP contribution in [0.3, 0.4) is 0 Å². The minimum Gasteiger partial charge on any atom is -0.337 e. The average molecular weight is 369 g/mol. The van der Waals surface area contributed by atoms with Crippen LogP contribution >= 0.6 is 11.8 Å². The molecule has 26 heavy (non-hydrogen) atoms. The Labute approximate surface area is 159 Å². The Hall–Kier alpha value is -2.39. The van der Waals surface area contributed by atoms with E-state index in [2.05, 4.69) is 21.4 Å². The molecule has 0 aliphatic heterocycles. The minimum atomic E-state index is -0.894. The van der Waals surface area contributed by atoms with Crippen LogP contribution in [0.4, 0.5) is 0 Å². The van der Waals surface area contributed by atoms with Gasteiger partial charge in [-0.2, -0.15) is 5.26 Å². The van der Waals surface area contributed by atoms with Crippen LogP contribution in [-0.2, 0) is 4.79 Å². The summed E-state index contributed by atoms with van der Waals surface area (Å²) in [7, 11) is 0. The topological polar surface area (TPSA) is 78.7 Å². The zero-order valence-electron chi connectivity index (χ0n) is 15.8. The monoisotopic (exact) mass is 368 g/mol. The highest BCUT2D eigenvalue weighted by Crippen LogP contribution is 2.25. The molecule has 1 amide bonds. The van der Waals surface area contributed by atoms with Gasteiger partial charge in [0.25, 0.3) is 0 Å². The molecular weight excluding hydrogens is 344 g/mol. The fraction of sp³-hybridized carbons (Fsp3) is 0.400. The molecule has 0 saturated carbocycles. The number of carbonyl (C=O) groups excluding carboxylic acids is 1. The van der Waals surface area contributed by atoms with Crippen LogP contribution in [0.25, 0.3) is 11.3 Å². The summed E-state index contributed by atoms with van der Waals surface area (Å²) < 4.78 is 0. The SMILES string of the molecule is Cc1cc(-c2ccccc2)nc(S[C@@H](C)C(=O)N[C@@](C)(C#N)C(C)C)n1. The normalized spacial score (nSPS) is 14.3. The molecule has 136 valence electrons. The smallest absolute Gasteiger partial charge is 0.234 e. The van der Waals surface area contributed by atoms with Gasteiger partial charge < -0.3 is 5.32 Å². The number of benzene rings is 1. The molecule has 6 heteroatoms. The van der Waals surface area contributed by atoms with E-state index in [1.807, 2.05) is 57.2 Å². The van der Waals surface area contributed by atoms with E-state index in [0.29, 0.717) is 5.16 Å². The summed E-state index contributed by atoms with van der Waals surface area (Å²) in [6, 6.07) is 14.0. The molecule has 1 aromatic carbocycles. The second-order valence-electron chi connectivity index (χ2n) is 6.76. The molecule has 0 spiro atoms. The van der Waals surface area contributed by atoms with Crippen molar-refractivity contribution in [2.45, 2.75) is 50.6 Å². The number of hydrogen-bond acceptors (Lipinski definition) is 5. The maximum absolute atomic E-state index is 12.5. The van der Waals surface area contributed by atoms with Crippen LogP contribution < -0.4 is 5.32 Å². The molecule has 0 unspecified atom stereocenters. The lowest BCUT2D eigenvalue weighted by molar-refractivity contribution is -0.121.